The highest BCUT2D eigenvalue weighted by Gasteiger charge is 2.52. The molecule has 0 aromatic rings. The first-order chi connectivity index (χ1) is 6.41. The number of carbonyl (C=O) groups excluding carboxylic acids is 1. The van der Waals surface area contributed by atoms with Crippen molar-refractivity contribution in [2.75, 3.05) is 13.1 Å². The summed E-state index contributed by atoms with van der Waals surface area (Å²) in [5.74, 6) is -0.113. The smallest absolute Gasteiger partial charge is 0.328 e. The summed E-state index contributed by atoms with van der Waals surface area (Å²) in [6.07, 6.45) is 0.863. The molecule has 2 atom stereocenters. The minimum Gasteiger partial charge on any atom is -0.459 e. The fourth-order valence-corrected chi connectivity index (χ4v) is 2.08. The molecule has 4 heteroatoms. The summed E-state index contributed by atoms with van der Waals surface area (Å²) in [7, 11) is 0. The Morgan fingerprint density at radius 2 is 2.21 bits per heavy atom. The number of ether oxygens (including phenoxy) is 1. The van der Waals surface area contributed by atoms with Gasteiger partial charge in [0.25, 0.3) is 0 Å². The molecule has 2 unspecified atom stereocenters. The Kier molecular flexibility index (Phi) is 2.08. The second-order valence-corrected chi connectivity index (χ2v) is 5.25. The van der Waals surface area contributed by atoms with E-state index in [1.807, 2.05) is 20.8 Å². The SMILES string of the molecule is CC(C)(C)OC(=O)C12CNC(CN1)C2. The third-order valence-corrected chi connectivity index (χ3v) is 2.76. The summed E-state index contributed by atoms with van der Waals surface area (Å²) in [5.41, 5.74) is -0.841. The minimum atomic E-state index is -0.446. The summed E-state index contributed by atoms with van der Waals surface area (Å²) in [6.45, 7) is 7.27. The lowest BCUT2D eigenvalue weighted by Gasteiger charge is -2.29. The number of rotatable bonds is 1. The highest BCUT2D eigenvalue weighted by Crippen LogP contribution is 2.28. The van der Waals surface area contributed by atoms with Crippen molar-refractivity contribution in [3.05, 3.63) is 0 Å². The quantitative estimate of drug-likeness (QED) is 0.584. The number of hydrogen-bond acceptors (Lipinski definition) is 4. The van der Waals surface area contributed by atoms with Crippen LogP contribution in [0.4, 0.5) is 0 Å². The monoisotopic (exact) mass is 198 g/mol. The van der Waals surface area contributed by atoms with Crippen molar-refractivity contribution in [3.63, 3.8) is 0 Å². The zero-order valence-electron chi connectivity index (χ0n) is 9.02. The molecule has 0 saturated carbocycles. The second-order valence-electron chi connectivity index (χ2n) is 5.25. The van der Waals surface area contributed by atoms with Crippen LogP contribution in [-0.4, -0.2) is 36.2 Å². The summed E-state index contributed by atoms with van der Waals surface area (Å²) in [6, 6.07) is 0.447. The average Bonchev–Trinajstić information content (AvgIpc) is 2.60. The predicted octanol–water partition coefficient (Wildman–Crippen LogP) is 0.0320. The van der Waals surface area contributed by atoms with Gasteiger partial charge in [-0.25, -0.2) is 4.79 Å². The molecule has 14 heavy (non-hydrogen) atoms. The normalized spacial score (nSPS) is 36.1. The van der Waals surface area contributed by atoms with Gasteiger partial charge in [0, 0.05) is 19.1 Å². The van der Waals surface area contributed by atoms with Crippen molar-refractivity contribution in [3.8, 4) is 0 Å². The largest absolute Gasteiger partial charge is 0.459 e. The molecule has 2 saturated heterocycles. The number of piperazine rings is 1. The first-order valence-electron chi connectivity index (χ1n) is 5.13. The highest BCUT2D eigenvalue weighted by atomic mass is 16.6. The van der Waals surface area contributed by atoms with Gasteiger partial charge < -0.3 is 10.1 Å². The molecule has 0 radical (unpaired) electrons. The van der Waals surface area contributed by atoms with E-state index in [4.69, 9.17) is 4.74 Å². The highest BCUT2D eigenvalue weighted by molar-refractivity contribution is 5.83. The fourth-order valence-electron chi connectivity index (χ4n) is 2.08. The molecule has 4 nitrogen and oxygen atoms in total. The molecule has 2 fully saturated rings. The van der Waals surface area contributed by atoms with Crippen LogP contribution < -0.4 is 10.6 Å². The minimum absolute atomic E-state index is 0.113. The summed E-state index contributed by atoms with van der Waals surface area (Å²) < 4.78 is 5.40. The Labute approximate surface area is 84.4 Å². The first-order valence-corrected chi connectivity index (χ1v) is 5.13. The zero-order valence-corrected chi connectivity index (χ0v) is 9.02. The third kappa shape index (κ3) is 1.64. The Morgan fingerprint density at radius 3 is 2.57 bits per heavy atom. The van der Waals surface area contributed by atoms with Crippen molar-refractivity contribution >= 4 is 5.97 Å². The number of carbonyl (C=O) groups is 1. The van der Waals surface area contributed by atoms with E-state index >= 15 is 0 Å². The summed E-state index contributed by atoms with van der Waals surface area (Å²) in [4.78, 5) is 11.9. The van der Waals surface area contributed by atoms with E-state index in [1.54, 1.807) is 0 Å². The number of fused-ring (bicyclic) bond motifs is 2. The topological polar surface area (TPSA) is 50.4 Å². The van der Waals surface area contributed by atoms with Crippen LogP contribution in [0.3, 0.4) is 0 Å². The molecule has 0 aromatic heterocycles. The van der Waals surface area contributed by atoms with Crippen LogP contribution in [0.5, 0.6) is 0 Å². The fraction of sp³-hybridized carbons (Fsp3) is 0.900. The van der Waals surface area contributed by atoms with Gasteiger partial charge in [0.1, 0.15) is 11.1 Å². The van der Waals surface area contributed by atoms with E-state index in [0.717, 1.165) is 13.0 Å². The Bertz CT molecular complexity index is 249. The van der Waals surface area contributed by atoms with Gasteiger partial charge in [0.2, 0.25) is 0 Å². The molecule has 2 N–H and O–H groups in total. The van der Waals surface area contributed by atoms with Crippen LogP contribution in [0.25, 0.3) is 0 Å². The molecule has 2 heterocycles. The van der Waals surface area contributed by atoms with Crippen molar-refractivity contribution in [1.82, 2.24) is 10.6 Å². The van der Waals surface area contributed by atoms with Crippen LogP contribution in [0, 0.1) is 0 Å². The van der Waals surface area contributed by atoms with E-state index in [1.165, 1.54) is 0 Å². The molecular formula is C10H18N2O2. The molecule has 0 aliphatic carbocycles. The molecule has 2 aliphatic heterocycles. The van der Waals surface area contributed by atoms with Crippen LogP contribution >= 0.6 is 0 Å². The van der Waals surface area contributed by atoms with E-state index in [9.17, 15) is 4.79 Å². The summed E-state index contributed by atoms with van der Waals surface area (Å²) >= 11 is 0. The lowest BCUT2D eigenvalue weighted by atomic mass is 10.0. The van der Waals surface area contributed by atoms with Crippen molar-refractivity contribution in [1.29, 1.82) is 0 Å². The van der Waals surface area contributed by atoms with Gasteiger partial charge in [0.15, 0.2) is 0 Å². The van der Waals surface area contributed by atoms with Gasteiger partial charge in [-0.3, -0.25) is 5.32 Å². The van der Waals surface area contributed by atoms with Gasteiger partial charge in [-0.15, -0.1) is 0 Å². The molecule has 0 aromatic carbocycles. The standard InChI is InChI=1S/C10H18N2O2/c1-9(2,3)14-8(13)10-4-7(5-12-10)11-6-10/h7,11-12H,4-6H2,1-3H3. The van der Waals surface area contributed by atoms with E-state index < -0.39 is 11.1 Å². The van der Waals surface area contributed by atoms with Crippen LogP contribution in [0.2, 0.25) is 0 Å². The number of nitrogens with one attached hydrogen (secondary N) is 2. The second kappa shape index (κ2) is 2.94. The van der Waals surface area contributed by atoms with Gasteiger partial charge in [0.05, 0.1) is 0 Å². The van der Waals surface area contributed by atoms with Crippen molar-refractivity contribution in [2.24, 2.45) is 0 Å². The average molecular weight is 198 g/mol. The molecule has 80 valence electrons. The van der Waals surface area contributed by atoms with E-state index in [2.05, 4.69) is 10.6 Å². The number of esters is 1. The van der Waals surface area contributed by atoms with Crippen LogP contribution in [-0.2, 0) is 9.53 Å². The van der Waals surface area contributed by atoms with E-state index in [-0.39, 0.29) is 5.97 Å². The molecule has 0 amide bonds. The number of hydrogen-bond donors (Lipinski definition) is 2. The Hall–Kier alpha value is -0.610. The van der Waals surface area contributed by atoms with Gasteiger partial charge >= 0.3 is 5.97 Å². The third-order valence-electron chi connectivity index (χ3n) is 2.76. The molecular weight excluding hydrogens is 180 g/mol. The van der Waals surface area contributed by atoms with Gasteiger partial charge in [-0.1, -0.05) is 0 Å². The van der Waals surface area contributed by atoms with Crippen LogP contribution in [0.1, 0.15) is 27.2 Å². The van der Waals surface area contributed by atoms with Gasteiger partial charge in [-0.05, 0) is 27.2 Å². The maximum atomic E-state index is 11.9. The Balaban J connectivity index is 2.04. The predicted molar refractivity (Wildman–Crippen MR) is 53.0 cm³/mol. The van der Waals surface area contributed by atoms with Crippen LogP contribution in [0.15, 0.2) is 0 Å². The lowest BCUT2D eigenvalue weighted by Crippen LogP contribution is -2.56. The Morgan fingerprint density at radius 1 is 1.50 bits per heavy atom. The zero-order chi connectivity index (χ0) is 10.4. The van der Waals surface area contributed by atoms with Crippen molar-refractivity contribution in [2.45, 2.75) is 44.4 Å². The first kappa shape index (κ1) is 9.93. The maximum Gasteiger partial charge on any atom is 0.328 e. The van der Waals surface area contributed by atoms with Gasteiger partial charge in [-0.2, -0.15) is 0 Å². The molecule has 0 spiro atoms. The van der Waals surface area contributed by atoms with E-state index in [0.29, 0.717) is 12.6 Å². The maximum absolute atomic E-state index is 11.9. The lowest BCUT2D eigenvalue weighted by molar-refractivity contribution is -0.161. The molecule has 2 aliphatic rings. The van der Waals surface area contributed by atoms with Crippen molar-refractivity contribution < 1.29 is 9.53 Å². The molecule has 2 bridgehead atoms. The summed E-state index contributed by atoms with van der Waals surface area (Å²) in [5, 5.41) is 6.56. The molecule has 2 rings (SSSR count).